The van der Waals surface area contributed by atoms with Gasteiger partial charge in [-0.25, -0.2) is 9.28 Å². The van der Waals surface area contributed by atoms with Crippen LogP contribution in [-0.4, -0.2) is 24.0 Å². The average Bonchev–Trinajstić information content (AvgIpc) is 2.78. The molecule has 1 aliphatic rings. The van der Waals surface area contributed by atoms with Gasteiger partial charge in [0.1, 0.15) is 18.0 Å². The van der Waals surface area contributed by atoms with Crippen molar-refractivity contribution in [1.29, 1.82) is 0 Å². The van der Waals surface area contributed by atoms with Crippen LogP contribution in [0.25, 0.3) is 6.08 Å². The van der Waals surface area contributed by atoms with Crippen LogP contribution >= 0.6 is 23.2 Å². The molecule has 0 amide bonds. The van der Waals surface area contributed by atoms with Crippen molar-refractivity contribution in [1.82, 2.24) is 4.48 Å². The molecule has 1 unspecified atom stereocenters. The fourth-order valence-electron chi connectivity index (χ4n) is 3.14. The summed E-state index contributed by atoms with van der Waals surface area (Å²) in [6.07, 6.45) is -3.19. The first-order chi connectivity index (χ1) is 12.6. The van der Waals surface area contributed by atoms with E-state index in [2.05, 4.69) is 4.74 Å². The van der Waals surface area contributed by atoms with Gasteiger partial charge in [0.15, 0.2) is 6.54 Å². The molecule has 4 nitrogen and oxygen atoms in total. The largest absolute Gasteiger partial charge is 0.573 e. The minimum Gasteiger partial charge on any atom is -0.477 e. The molecule has 3 rings (SSSR count). The van der Waals surface area contributed by atoms with Gasteiger partial charge in [0.2, 0.25) is 5.16 Å². The maximum atomic E-state index is 12.5. The molecule has 1 atom stereocenters. The summed E-state index contributed by atoms with van der Waals surface area (Å²) in [5, 5.41) is 10.1. The van der Waals surface area contributed by atoms with Crippen LogP contribution in [0, 0.1) is 0 Å². The Kier molecular flexibility index (Phi) is 5.12. The third-order valence-electron chi connectivity index (χ3n) is 4.13. The maximum Gasteiger partial charge on any atom is 0.573 e. The Hall–Kier alpha value is -2.22. The second kappa shape index (κ2) is 7.07. The molecule has 1 heterocycles. The molecule has 1 N–H and O–H groups in total. The molecule has 0 radical (unpaired) electrons. The van der Waals surface area contributed by atoms with E-state index in [-0.39, 0.29) is 21.9 Å². The van der Waals surface area contributed by atoms with Crippen molar-refractivity contribution < 1.29 is 27.8 Å². The highest BCUT2D eigenvalue weighted by Crippen LogP contribution is 2.45. The first-order valence-corrected chi connectivity index (χ1v) is 8.46. The van der Waals surface area contributed by atoms with Gasteiger partial charge in [-0.15, -0.1) is 13.2 Å². The lowest BCUT2D eigenvalue weighted by Gasteiger charge is -2.33. The highest BCUT2D eigenvalue weighted by atomic mass is 35.5. The van der Waals surface area contributed by atoms with Crippen LogP contribution in [-0.2, 0) is 11.3 Å². The Morgan fingerprint density at radius 3 is 2.56 bits per heavy atom. The number of ether oxygens (including phenoxy) is 1. The molecule has 0 saturated heterocycles. The van der Waals surface area contributed by atoms with E-state index in [9.17, 15) is 23.1 Å². The van der Waals surface area contributed by atoms with Crippen molar-refractivity contribution in [2.24, 2.45) is 0 Å². The SMILES string of the molecule is O=C(O)C[N+]1(Cc2cccc(OC(F)(F)F)c2)C(Cl)=Cc2ccc(Cl)cc21. The van der Waals surface area contributed by atoms with Gasteiger partial charge in [0.05, 0.1) is 0 Å². The highest BCUT2D eigenvalue weighted by Gasteiger charge is 2.43. The second-order valence-electron chi connectivity index (χ2n) is 6.04. The number of rotatable bonds is 5. The number of fused-ring (bicyclic) bond motifs is 1. The lowest BCUT2D eigenvalue weighted by atomic mass is 10.1. The van der Waals surface area contributed by atoms with Crippen LogP contribution in [0.15, 0.2) is 47.6 Å². The summed E-state index contributed by atoms with van der Waals surface area (Å²) in [5.74, 6) is -1.50. The van der Waals surface area contributed by atoms with E-state index < -0.39 is 18.9 Å². The summed E-state index contributed by atoms with van der Waals surface area (Å²) in [6.45, 7) is -0.378. The summed E-state index contributed by atoms with van der Waals surface area (Å²) in [7, 11) is 0. The van der Waals surface area contributed by atoms with Crippen LogP contribution in [0.4, 0.5) is 18.9 Å². The molecule has 0 fully saturated rings. The molecular formula is C18H13Cl2F3NO3+. The number of nitrogens with zero attached hydrogens (tertiary/aromatic N) is 1. The Bertz CT molecular complexity index is 930. The van der Waals surface area contributed by atoms with E-state index in [4.69, 9.17) is 23.2 Å². The van der Waals surface area contributed by atoms with Gasteiger partial charge in [-0.05, 0) is 35.9 Å². The number of quaternary nitrogens is 1. The van der Waals surface area contributed by atoms with Crippen LogP contribution < -0.4 is 9.22 Å². The average molecular weight is 419 g/mol. The predicted octanol–water partition coefficient (Wildman–Crippen LogP) is 5.38. The zero-order chi connectivity index (χ0) is 19.8. The molecule has 142 valence electrons. The number of carbonyl (C=O) groups is 1. The number of halogens is 5. The fraction of sp³-hybridized carbons (Fsp3) is 0.167. The Morgan fingerprint density at radius 2 is 1.89 bits per heavy atom. The zero-order valence-corrected chi connectivity index (χ0v) is 15.1. The molecular weight excluding hydrogens is 406 g/mol. The van der Waals surface area contributed by atoms with Gasteiger partial charge in [-0.2, -0.15) is 0 Å². The summed E-state index contributed by atoms with van der Waals surface area (Å²) in [4.78, 5) is 11.5. The van der Waals surface area contributed by atoms with E-state index in [0.29, 0.717) is 21.8 Å². The molecule has 1 aliphatic heterocycles. The Balaban J connectivity index is 2.04. The first kappa shape index (κ1) is 19.5. The van der Waals surface area contributed by atoms with E-state index >= 15 is 0 Å². The Morgan fingerprint density at radius 1 is 1.15 bits per heavy atom. The normalized spacial score (nSPS) is 18.8. The van der Waals surface area contributed by atoms with Gasteiger partial charge in [-0.3, -0.25) is 0 Å². The summed E-state index contributed by atoms with van der Waals surface area (Å²) >= 11 is 12.5. The van der Waals surface area contributed by atoms with Crippen molar-refractivity contribution in [2.45, 2.75) is 12.9 Å². The van der Waals surface area contributed by atoms with Crippen LogP contribution in [0.5, 0.6) is 5.75 Å². The van der Waals surface area contributed by atoms with Crippen molar-refractivity contribution in [3.05, 3.63) is 63.8 Å². The van der Waals surface area contributed by atoms with Crippen molar-refractivity contribution in [3.8, 4) is 5.75 Å². The predicted molar refractivity (Wildman–Crippen MR) is 96.4 cm³/mol. The summed E-state index contributed by atoms with van der Waals surface area (Å²) in [5.41, 5.74) is 1.70. The number of alkyl halides is 3. The summed E-state index contributed by atoms with van der Waals surface area (Å²) < 4.78 is 41.1. The number of hydrogen-bond acceptors (Lipinski definition) is 2. The zero-order valence-electron chi connectivity index (χ0n) is 13.6. The molecule has 0 bridgehead atoms. The third kappa shape index (κ3) is 4.21. The van der Waals surface area contributed by atoms with Crippen LogP contribution in [0.1, 0.15) is 11.1 Å². The molecule has 0 aliphatic carbocycles. The number of carboxylic acid groups (broad SMARTS) is 1. The molecule has 2 aromatic rings. The fourth-order valence-corrected chi connectivity index (χ4v) is 3.63. The number of hydrogen-bond donors (Lipinski definition) is 1. The standard InChI is InChI=1S/C18H12Cl2F3NO3/c19-13-5-4-12-7-16(20)24(10-17(25)26,15(12)8-13)9-11-2-1-3-14(6-11)27-18(21,22)23/h1-8H,9-10H2/p+1. The quantitative estimate of drug-likeness (QED) is 0.523. The second-order valence-corrected chi connectivity index (χ2v) is 6.87. The van der Waals surface area contributed by atoms with Gasteiger partial charge in [0, 0.05) is 28.3 Å². The molecule has 2 aromatic carbocycles. The monoisotopic (exact) mass is 418 g/mol. The van der Waals surface area contributed by atoms with Gasteiger partial charge in [0.25, 0.3) is 0 Å². The molecule has 0 aromatic heterocycles. The molecule has 0 spiro atoms. The molecule has 9 heteroatoms. The number of aliphatic carboxylic acids is 1. The molecule has 0 saturated carbocycles. The van der Waals surface area contributed by atoms with Crippen molar-refractivity contribution in [3.63, 3.8) is 0 Å². The van der Waals surface area contributed by atoms with Crippen LogP contribution in [0.2, 0.25) is 5.02 Å². The lowest BCUT2D eigenvalue weighted by Crippen LogP contribution is -2.48. The minimum absolute atomic E-state index is 0.0179. The number of benzene rings is 2. The van der Waals surface area contributed by atoms with Gasteiger partial charge in [-0.1, -0.05) is 23.7 Å². The third-order valence-corrected chi connectivity index (χ3v) is 4.79. The van der Waals surface area contributed by atoms with E-state index in [1.54, 1.807) is 30.3 Å². The molecule has 27 heavy (non-hydrogen) atoms. The van der Waals surface area contributed by atoms with E-state index in [0.717, 1.165) is 0 Å². The Labute approximate surface area is 162 Å². The topological polar surface area (TPSA) is 46.5 Å². The highest BCUT2D eigenvalue weighted by molar-refractivity contribution is 6.34. The lowest BCUT2D eigenvalue weighted by molar-refractivity contribution is -0.274. The van der Waals surface area contributed by atoms with Crippen molar-refractivity contribution >= 4 is 40.9 Å². The first-order valence-electron chi connectivity index (χ1n) is 7.70. The summed E-state index contributed by atoms with van der Waals surface area (Å²) in [6, 6.07) is 10.3. The minimum atomic E-state index is -4.82. The maximum absolute atomic E-state index is 12.5. The smallest absolute Gasteiger partial charge is 0.477 e. The van der Waals surface area contributed by atoms with E-state index in [1.807, 2.05) is 0 Å². The number of carboxylic acids is 1. The van der Waals surface area contributed by atoms with E-state index in [1.165, 1.54) is 18.2 Å². The van der Waals surface area contributed by atoms with Gasteiger partial charge < -0.3 is 9.84 Å². The van der Waals surface area contributed by atoms with Crippen LogP contribution in [0.3, 0.4) is 0 Å². The van der Waals surface area contributed by atoms with Crippen molar-refractivity contribution in [2.75, 3.05) is 6.54 Å². The van der Waals surface area contributed by atoms with Gasteiger partial charge >= 0.3 is 12.3 Å².